The first-order valence-corrected chi connectivity index (χ1v) is 10.2. The van der Waals surface area contributed by atoms with Crippen molar-refractivity contribution < 1.29 is 40.9 Å². The minimum atomic E-state index is -4.93. The zero-order chi connectivity index (χ0) is 23.5. The van der Waals surface area contributed by atoms with Crippen LogP contribution >= 0.6 is 0 Å². The molecule has 3 rings (SSSR count). The van der Waals surface area contributed by atoms with E-state index in [-0.39, 0.29) is 30.1 Å². The number of hydrogen-bond acceptors (Lipinski definition) is 3. The normalized spacial score (nSPS) is 23.2. The molecule has 176 valence electrons. The molecule has 1 heterocycles. The smallest absolute Gasteiger partial charge is 0.396 e. The van der Waals surface area contributed by atoms with Crippen molar-refractivity contribution in [1.29, 1.82) is 0 Å². The van der Waals surface area contributed by atoms with Gasteiger partial charge in [-0.25, -0.2) is 0 Å². The Kier molecular flexibility index (Phi) is 7.52. The van der Waals surface area contributed by atoms with Crippen molar-refractivity contribution in [3.05, 3.63) is 70.8 Å². The zero-order valence-corrected chi connectivity index (χ0v) is 17.3. The van der Waals surface area contributed by atoms with E-state index in [1.807, 2.05) is 30.3 Å². The fourth-order valence-corrected chi connectivity index (χ4v) is 4.05. The highest BCUT2D eigenvalue weighted by molar-refractivity contribution is 5.34. The van der Waals surface area contributed by atoms with Gasteiger partial charge >= 0.3 is 12.4 Å². The zero-order valence-electron chi connectivity index (χ0n) is 17.3. The van der Waals surface area contributed by atoms with Crippen LogP contribution in [0.15, 0.2) is 48.5 Å². The number of benzene rings is 2. The van der Waals surface area contributed by atoms with E-state index in [2.05, 4.69) is 0 Å². The molecule has 1 fully saturated rings. The Bertz CT molecular complexity index is 847. The lowest BCUT2D eigenvalue weighted by atomic mass is 9.80. The minimum Gasteiger partial charge on any atom is -0.396 e. The third-order valence-corrected chi connectivity index (χ3v) is 5.67. The Balaban J connectivity index is 1.93. The van der Waals surface area contributed by atoms with Crippen molar-refractivity contribution in [2.24, 2.45) is 5.92 Å². The maximum atomic E-state index is 13.2. The van der Waals surface area contributed by atoms with Gasteiger partial charge < -0.3 is 14.6 Å². The number of halogens is 6. The average Bonchev–Trinajstić information content (AvgIpc) is 2.73. The van der Waals surface area contributed by atoms with Crippen molar-refractivity contribution in [2.75, 3.05) is 13.2 Å². The van der Waals surface area contributed by atoms with Crippen molar-refractivity contribution in [3.8, 4) is 0 Å². The van der Waals surface area contributed by atoms with E-state index >= 15 is 0 Å². The molecule has 32 heavy (non-hydrogen) atoms. The topological polar surface area (TPSA) is 38.7 Å². The summed E-state index contributed by atoms with van der Waals surface area (Å²) >= 11 is 0. The Hall–Kier alpha value is -2.10. The van der Waals surface area contributed by atoms with E-state index in [1.54, 1.807) is 0 Å². The van der Waals surface area contributed by atoms with Crippen LogP contribution in [0.4, 0.5) is 26.3 Å². The lowest BCUT2D eigenvalue weighted by molar-refractivity contribution is -0.210. The molecule has 0 radical (unpaired) electrons. The molecule has 1 aliphatic heterocycles. The van der Waals surface area contributed by atoms with Crippen LogP contribution in [0.1, 0.15) is 54.0 Å². The molecule has 0 aromatic heterocycles. The SMILES string of the molecule is CC(OC1OCCC(CCO)C1c1ccccc1)c1cc(C(F)(F)F)cc(C(F)(F)F)c1. The fourth-order valence-electron chi connectivity index (χ4n) is 4.05. The molecule has 2 aromatic carbocycles. The van der Waals surface area contributed by atoms with Gasteiger partial charge in [0.05, 0.1) is 23.8 Å². The average molecular weight is 462 g/mol. The van der Waals surface area contributed by atoms with Gasteiger partial charge in [-0.15, -0.1) is 0 Å². The highest BCUT2D eigenvalue weighted by atomic mass is 19.4. The predicted octanol–water partition coefficient (Wildman–Crippen LogP) is 6.33. The molecule has 1 saturated heterocycles. The summed E-state index contributed by atoms with van der Waals surface area (Å²) in [7, 11) is 0. The number of aliphatic hydroxyl groups excluding tert-OH is 1. The molecule has 4 unspecified atom stereocenters. The monoisotopic (exact) mass is 462 g/mol. The molecule has 4 atom stereocenters. The second-order valence-corrected chi connectivity index (χ2v) is 7.85. The van der Waals surface area contributed by atoms with Gasteiger partial charge in [0, 0.05) is 12.5 Å². The van der Waals surface area contributed by atoms with Crippen LogP contribution < -0.4 is 0 Å². The first-order valence-electron chi connectivity index (χ1n) is 10.2. The van der Waals surface area contributed by atoms with Gasteiger partial charge in [-0.05, 0) is 55.0 Å². The lowest BCUT2D eigenvalue weighted by Gasteiger charge is -2.39. The van der Waals surface area contributed by atoms with Gasteiger partial charge in [-0.1, -0.05) is 30.3 Å². The summed E-state index contributed by atoms with van der Waals surface area (Å²) in [4.78, 5) is 0. The second kappa shape index (κ2) is 9.80. The summed E-state index contributed by atoms with van der Waals surface area (Å²) in [5.41, 5.74) is -2.16. The highest BCUT2D eigenvalue weighted by Gasteiger charge is 2.39. The summed E-state index contributed by atoms with van der Waals surface area (Å²) in [6.07, 6.45) is -10.7. The minimum absolute atomic E-state index is 0.0133. The van der Waals surface area contributed by atoms with Crippen molar-refractivity contribution in [1.82, 2.24) is 0 Å². The van der Waals surface area contributed by atoms with Crippen molar-refractivity contribution >= 4 is 0 Å². The van der Waals surface area contributed by atoms with E-state index in [0.29, 0.717) is 31.6 Å². The summed E-state index contributed by atoms with van der Waals surface area (Å²) in [5, 5.41) is 9.45. The maximum Gasteiger partial charge on any atom is 0.416 e. The van der Waals surface area contributed by atoms with Crippen LogP contribution in [-0.2, 0) is 21.8 Å². The molecular weight excluding hydrogens is 438 g/mol. The molecule has 1 N–H and O–H groups in total. The summed E-state index contributed by atoms with van der Waals surface area (Å²) < 4.78 is 91.0. The molecule has 0 bridgehead atoms. The third-order valence-electron chi connectivity index (χ3n) is 5.67. The van der Waals surface area contributed by atoms with E-state index < -0.39 is 35.9 Å². The van der Waals surface area contributed by atoms with Crippen LogP contribution in [0, 0.1) is 5.92 Å². The summed E-state index contributed by atoms with van der Waals surface area (Å²) in [5.74, 6) is -0.340. The Morgan fingerprint density at radius 3 is 2.12 bits per heavy atom. The fraction of sp³-hybridized carbons (Fsp3) is 0.478. The highest BCUT2D eigenvalue weighted by Crippen LogP contribution is 2.42. The van der Waals surface area contributed by atoms with E-state index in [0.717, 1.165) is 5.56 Å². The van der Waals surface area contributed by atoms with Crippen molar-refractivity contribution in [3.63, 3.8) is 0 Å². The molecule has 0 amide bonds. The van der Waals surface area contributed by atoms with Crippen LogP contribution in [0.3, 0.4) is 0 Å². The predicted molar refractivity (Wildman–Crippen MR) is 105 cm³/mol. The molecule has 0 spiro atoms. The van der Waals surface area contributed by atoms with E-state index in [4.69, 9.17) is 9.47 Å². The summed E-state index contributed by atoms with van der Waals surface area (Å²) in [6.45, 7) is 1.65. The van der Waals surface area contributed by atoms with Gasteiger partial charge in [-0.3, -0.25) is 0 Å². The number of rotatable bonds is 6. The molecule has 0 saturated carbocycles. The first-order chi connectivity index (χ1) is 15.0. The number of aliphatic hydroxyl groups is 1. The first kappa shape index (κ1) is 24.5. The number of hydrogen-bond donors (Lipinski definition) is 1. The molecular formula is C23H24F6O3. The Labute approximate surface area is 182 Å². The molecule has 0 aliphatic carbocycles. The van der Waals surface area contributed by atoms with Gasteiger partial charge in [0.1, 0.15) is 0 Å². The Morgan fingerprint density at radius 1 is 1.00 bits per heavy atom. The van der Waals surface area contributed by atoms with Crippen LogP contribution in [0.2, 0.25) is 0 Å². The van der Waals surface area contributed by atoms with Gasteiger partial charge in [0.25, 0.3) is 0 Å². The molecule has 1 aliphatic rings. The van der Waals surface area contributed by atoms with Crippen LogP contribution in [0.5, 0.6) is 0 Å². The molecule has 9 heteroatoms. The van der Waals surface area contributed by atoms with Gasteiger partial charge in [0.15, 0.2) is 6.29 Å². The standard InChI is InChI=1S/C23H24F6O3/c1-14(17-11-18(22(24,25)26)13-19(12-17)23(27,28)29)32-21-20(15-5-3-2-4-6-15)16(7-9-30)8-10-31-21/h2-6,11-14,16,20-21,30H,7-10H2,1H3. The van der Waals surface area contributed by atoms with Crippen LogP contribution in [-0.4, -0.2) is 24.6 Å². The maximum absolute atomic E-state index is 13.2. The number of ether oxygens (including phenoxy) is 2. The largest absolute Gasteiger partial charge is 0.416 e. The number of alkyl halides is 6. The van der Waals surface area contributed by atoms with Gasteiger partial charge in [0.2, 0.25) is 0 Å². The quantitative estimate of drug-likeness (QED) is 0.510. The summed E-state index contributed by atoms with van der Waals surface area (Å²) in [6, 6.07) is 10.6. The third kappa shape index (κ3) is 5.82. The molecule has 3 nitrogen and oxygen atoms in total. The van der Waals surface area contributed by atoms with Crippen molar-refractivity contribution in [2.45, 2.75) is 50.4 Å². The Morgan fingerprint density at radius 2 is 1.59 bits per heavy atom. The molecule has 2 aromatic rings. The van der Waals surface area contributed by atoms with E-state index in [9.17, 15) is 31.4 Å². The second-order valence-electron chi connectivity index (χ2n) is 7.85. The van der Waals surface area contributed by atoms with Crippen LogP contribution in [0.25, 0.3) is 0 Å². The lowest BCUT2D eigenvalue weighted by Crippen LogP contribution is -2.37. The van der Waals surface area contributed by atoms with Gasteiger partial charge in [-0.2, -0.15) is 26.3 Å². The van der Waals surface area contributed by atoms with E-state index in [1.165, 1.54) is 6.92 Å².